The SMILES string of the molecule is CCCS(=O)(=O)Nc1ccc(F)c(C(=O)ON)c1F. The average Bonchev–Trinajstić information content (AvgIpc) is 2.32. The summed E-state index contributed by atoms with van der Waals surface area (Å²) in [4.78, 5) is 14.8. The van der Waals surface area contributed by atoms with Crippen LogP contribution in [0.4, 0.5) is 14.5 Å². The molecule has 1 aromatic carbocycles. The Morgan fingerprint density at radius 2 is 2.05 bits per heavy atom. The Morgan fingerprint density at radius 1 is 1.42 bits per heavy atom. The highest BCUT2D eigenvalue weighted by Crippen LogP contribution is 2.22. The van der Waals surface area contributed by atoms with Crippen molar-refractivity contribution in [3.63, 3.8) is 0 Å². The summed E-state index contributed by atoms with van der Waals surface area (Å²) in [5.41, 5.74) is -1.60. The number of benzene rings is 1. The predicted molar refractivity (Wildman–Crippen MR) is 63.7 cm³/mol. The second-order valence-corrected chi connectivity index (χ2v) is 5.45. The fourth-order valence-electron chi connectivity index (χ4n) is 1.36. The predicted octanol–water partition coefficient (Wildman–Crippen LogP) is 1.15. The zero-order valence-corrected chi connectivity index (χ0v) is 10.8. The monoisotopic (exact) mass is 294 g/mol. The molecule has 0 amide bonds. The van der Waals surface area contributed by atoms with Crippen LogP contribution < -0.4 is 10.6 Å². The summed E-state index contributed by atoms with van der Waals surface area (Å²) in [6, 6.07) is 1.60. The summed E-state index contributed by atoms with van der Waals surface area (Å²) >= 11 is 0. The van der Waals surface area contributed by atoms with E-state index in [0.29, 0.717) is 6.42 Å². The molecular formula is C10H12F2N2O4S. The lowest BCUT2D eigenvalue weighted by molar-refractivity contribution is 0.0492. The van der Waals surface area contributed by atoms with Gasteiger partial charge in [0.25, 0.3) is 0 Å². The minimum Gasteiger partial charge on any atom is -0.369 e. The molecule has 0 aromatic heterocycles. The molecule has 106 valence electrons. The van der Waals surface area contributed by atoms with Gasteiger partial charge in [-0.05, 0) is 18.6 Å². The Kier molecular flexibility index (Phi) is 4.78. The van der Waals surface area contributed by atoms with Crippen molar-refractivity contribution in [2.75, 3.05) is 10.5 Å². The van der Waals surface area contributed by atoms with E-state index in [0.717, 1.165) is 12.1 Å². The van der Waals surface area contributed by atoms with E-state index in [2.05, 4.69) is 10.7 Å². The Balaban J connectivity index is 3.22. The molecule has 1 rings (SSSR count). The van der Waals surface area contributed by atoms with Crippen LogP contribution in [-0.4, -0.2) is 20.1 Å². The molecule has 6 nitrogen and oxygen atoms in total. The second kappa shape index (κ2) is 5.93. The van der Waals surface area contributed by atoms with Gasteiger partial charge in [0.05, 0.1) is 11.4 Å². The van der Waals surface area contributed by atoms with E-state index in [1.165, 1.54) is 0 Å². The standard InChI is InChI=1S/C10H12F2N2O4S/c1-2-5-19(16,17)14-7-4-3-6(11)8(9(7)12)10(15)18-13/h3-4,14H,2,5,13H2,1H3. The molecule has 0 heterocycles. The van der Waals surface area contributed by atoms with Crippen LogP contribution in [0, 0.1) is 11.6 Å². The Bertz CT molecular complexity index is 589. The summed E-state index contributed by atoms with van der Waals surface area (Å²) in [6.07, 6.45) is 0.315. The van der Waals surface area contributed by atoms with Crippen molar-refractivity contribution in [3.05, 3.63) is 29.3 Å². The number of anilines is 1. The highest BCUT2D eigenvalue weighted by Gasteiger charge is 2.23. The number of carbonyl (C=O) groups excluding carboxylic acids is 1. The molecular weight excluding hydrogens is 282 g/mol. The van der Waals surface area contributed by atoms with Crippen LogP contribution in [0.1, 0.15) is 23.7 Å². The van der Waals surface area contributed by atoms with E-state index in [1.807, 2.05) is 4.72 Å². The lowest BCUT2D eigenvalue weighted by Gasteiger charge is -2.10. The van der Waals surface area contributed by atoms with E-state index in [9.17, 15) is 22.0 Å². The van der Waals surface area contributed by atoms with Crippen molar-refractivity contribution >= 4 is 21.7 Å². The molecule has 1 aromatic rings. The van der Waals surface area contributed by atoms with Crippen molar-refractivity contribution < 1.29 is 26.8 Å². The number of carbonyl (C=O) groups is 1. The van der Waals surface area contributed by atoms with Gasteiger partial charge >= 0.3 is 5.97 Å². The molecule has 0 atom stereocenters. The zero-order chi connectivity index (χ0) is 14.6. The third-order valence-electron chi connectivity index (χ3n) is 2.14. The van der Waals surface area contributed by atoms with Crippen molar-refractivity contribution in [1.82, 2.24) is 0 Å². The van der Waals surface area contributed by atoms with Crippen LogP contribution >= 0.6 is 0 Å². The minimum atomic E-state index is -3.77. The summed E-state index contributed by atoms with van der Waals surface area (Å²) < 4.78 is 52.0. The Morgan fingerprint density at radius 3 is 2.58 bits per heavy atom. The quantitative estimate of drug-likeness (QED) is 0.794. The van der Waals surface area contributed by atoms with Crippen LogP contribution in [0.25, 0.3) is 0 Å². The zero-order valence-electron chi connectivity index (χ0n) is 9.94. The van der Waals surface area contributed by atoms with Gasteiger partial charge in [-0.3, -0.25) is 4.72 Å². The first-order valence-electron chi connectivity index (χ1n) is 5.22. The van der Waals surface area contributed by atoms with Crippen molar-refractivity contribution in [2.24, 2.45) is 5.90 Å². The van der Waals surface area contributed by atoms with E-state index < -0.39 is 38.9 Å². The van der Waals surface area contributed by atoms with Crippen LogP contribution in [0.5, 0.6) is 0 Å². The van der Waals surface area contributed by atoms with Crippen LogP contribution in [-0.2, 0) is 14.9 Å². The van der Waals surface area contributed by atoms with Gasteiger partial charge in [0.1, 0.15) is 11.4 Å². The van der Waals surface area contributed by atoms with Crippen molar-refractivity contribution in [3.8, 4) is 0 Å². The van der Waals surface area contributed by atoms with E-state index in [1.54, 1.807) is 6.92 Å². The summed E-state index contributed by atoms with van der Waals surface area (Å²) in [5.74, 6) is 0.289. The third-order valence-corrected chi connectivity index (χ3v) is 3.62. The molecule has 0 aliphatic heterocycles. The fraction of sp³-hybridized carbons (Fsp3) is 0.300. The van der Waals surface area contributed by atoms with E-state index in [4.69, 9.17) is 0 Å². The Labute approximate surface area is 108 Å². The summed E-state index contributed by atoms with van der Waals surface area (Å²) in [6.45, 7) is 1.62. The van der Waals surface area contributed by atoms with Gasteiger partial charge in [-0.25, -0.2) is 22.0 Å². The Hall–Kier alpha value is -1.74. The molecule has 9 heteroatoms. The van der Waals surface area contributed by atoms with Gasteiger partial charge in [0.2, 0.25) is 10.0 Å². The second-order valence-electron chi connectivity index (χ2n) is 3.61. The molecule has 0 radical (unpaired) electrons. The molecule has 0 saturated carbocycles. The maximum atomic E-state index is 13.8. The number of rotatable bonds is 5. The largest absolute Gasteiger partial charge is 0.369 e. The van der Waals surface area contributed by atoms with Crippen LogP contribution in [0.15, 0.2) is 12.1 Å². The van der Waals surface area contributed by atoms with Gasteiger partial charge in [0.15, 0.2) is 5.82 Å². The number of hydrogen-bond donors (Lipinski definition) is 2. The normalized spacial score (nSPS) is 11.2. The molecule has 0 aliphatic carbocycles. The van der Waals surface area contributed by atoms with Gasteiger partial charge in [0, 0.05) is 0 Å². The first-order chi connectivity index (χ1) is 8.82. The average molecular weight is 294 g/mol. The first-order valence-corrected chi connectivity index (χ1v) is 6.87. The maximum absolute atomic E-state index is 13.8. The molecule has 0 spiro atoms. The molecule has 0 fully saturated rings. The van der Waals surface area contributed by atoms with Gasteiger partial charge in [-0.2, -0.15) is 5.90 Å². The topological polar surface area (TPSA) is 98.5 Å². The molecule has 0 unspecified atom stereocenters. The van der Waals surface area contributed by atoms with E-state index in [-0.39, 0.29) is 5.75 Å². The minimum absolute atomic E-state index is 0.236. The van der Waals surface area contributed by atoms with Crippen molar-refractivity contribution in [2.45, 2.75) is 13.3 Å². The molecule has 0 saturated heterocycles. The first kappa shape index (κ1) is 15.3. The molecule has 3 N–H and O–H groups in total. The van der Waals surface area contributed by atoms with Crippen LogP contribution in [0.3, 0.4) is 0 Å². The number of nitrogens with one attached hydrogen (secondary N) is 1. The fourth-order valence-corrected chi connectivity index (χ4v) is 2.50. The van der Waals surface area contributed by atoms with E-state index >= 15 is 0 Å². The smallest absolute Gasteiger partial charge is 0.362 e. The number of nitrogens with two attached hydrogens (primary N) is 1. The van der Waals surface area contributed by atoms with Gasteiger partial charge in [-0.15, -0.1) is 0 Å². The van der Waals surface area contributed by atoms with Gasteiger partial charge in [-0.1, -0.05) is 6.92 Å². The van der Waals surface area contributed by atoms with Crippen LogP contribution in [0.2, 0.25) is 0 Å². The molecule has 0 bridgehead atoms. The van der Waals surface area contributed by atoms with Crippen molar-refractivity contribution in [1.29, 1.82) is 0 Å². The number of hydrogen-bond acceptors (Lipinski definition) is 5. The summed E-state index contributed by atoms with van der Waals surface area (Å²) in [5, 5.41) is 0. The summed E-state index contributed by atoms with van der Waals surface area (Å²) in [7, 11) is -3.77. The third kappa shape index (κ3) is 3.61. The lowest BCUT2D eigenvalue weighted by atomic mass is 10.2. The molecule has 0 aliphatic rings. The highest BCUT2D eigenvalue weighted by atomic mass is 32.2. The lowest BCUT2D eigenvalue weighted by Crippen LogP contribution is -2.19. The highest BCUT2D eigenvalue weighted by molar-refractivity contribution is 7.92. The molecule has 19 heavy (non-hydrogen) atoms. The maximum Gasteiger partial charge on any atom is 0.362 e. The van der Waals surface area contributed by atoms with Gasteiger partial charge < -0.3 is 4.84 Å². The number of sulfonamides is 1. The number of halogens is 2.